The monoisotopic (exact) mass is 425 g/mol. The summed E-state index contributed by atoms with van der Waals surface area (Å²) >= 11 is 0. The van der Waals surface area contributed by atoms with Crippen molar-refractivity contribution in [3.8, 4) is 23.0 Å². The van der Waals surface area contributed by atoms with Crippen LogP contribution in [0.15, 0.2) is 54.6 Å². The molecule has 0 aliphatic heterocycles. The van der Waals surface area contributed by atoms with Crippen LogP contribution in [0, 0.1) is 30.1 Å². The van der Waals surface area contributed by atoms with Crippen LogP contribution in [0.2, 0.25) is 0 Å². The predicted octanol–water partition coefficient (Wildman–Crippen LogP) is 6.90. The number of hydrogen-bond donors (Lipinski definition) is 0. The quantitative estimate of drug-likeness (QED) is 0.418. The van der Waals surface area contributed by atoms with Gasteiger partial charge in [0, 0.05) is 12.0 Å². The third-order valence-corrected chi connectivity index (χ3v) is 6.68. The van der Waals surface area contributed by atoms with Crippen molar-refractivity contribution >= 4 is 5.78 Å². The first kappa shape index (κ1) is 22.0. The molecular formula is C28H31N3O. The average molecular weight is 426 g/mol. The fourth-order valence-electron chi connectivity index (χ4n) is 4.63. The SMILES string of the molecule is Cc1ccc(-c2cc(C(=O)CC3CCCCC(C)CC3)nn2-c2ccc(C#N)cc2)cc1. The molecule has 1 aliphatic rings. The molecule has 0 radical (unpaired) electrons. The molecule has 1 saturated carbocycles. The molecule has 2 atom stereocenters. The van der Waals surface area contributed by atoms with Crippen LogP contribution >= 0.6 is 0 Å². The van der Waals surface area contributed by atoms with E-state index in [4.69, 9.17) is 10.4 Å². The topological polar surface area (TPSA) is 58.7 Å². The fraction of sp³-hybridized carbons (Fsp3) is 0.393. The zero-order valence-electron chi connectivity index (χ0n) is 19.1. The number of benzene rings is 2. The Morgan fingerprint density at radius 3 is 2.47 bits per heavy atom. The van der Waals surface area contributed by atoms with Crippen molar-refractivity contribution in [1.82, 2.24) is 9.78 Å². The molecule has 0 saturated heterocycles. The molecule has 164 valence electrons. The van der Waals surface area contributed by atoms with E-state index in [2.05, 4.69) is 44.2 Å². The second-order valence-electron chi connectivity index (χ2n) is 9.31. The van der Waals surface area contributed by atoms with Crippen LogP contribution in [0.25, 0.3) is 16.9 Å². The Labute approximate surface area is 190 Å². The Balaban J connectivity index is 1.64. The van der Waals surface area contributed by atoms with E-state index in [0.29, 0.717) is 23.6 Å². The summed E-state index contributed by atoms with van der Waals surface area (Å²) in [5.41, 5.74) is 5.08. The molecule has 32 heavy (non-hydrogen) atoms. The van der Waals surface area contributed by atoms with Gasteiger partial charge in [-0.3, -0.25) is 4.79 Å². The van der Waals surface area contributed by atoms with Gasteiger partial charge < -0.3 is 0 Å². The lowest BCUT2D eigenvalue weighted by Crippen LogP contribution is -2.13. The van der Waals surface area contributed by atoms with Crippen LogP contribution in [0.4, 0.5) is 0 Å². The van der Waals surface area contributed by atoms with E-state index in [1.165, 1.54) is 31.2 Å². The molecule has 0 N–H and O–H groups in total. The van der Waals surface area contributed by atoms with Gasteiger partial charge in [-0.25, -0.2) is 4.68 Å². The Bertz CT molecular complexity index is 1100. The van der Waals surface area contributed by atoms with Crippen LogP contribution in [-0.4, -0.2) is 15.6 Å². The lowest BCUT2D eigenvalue weighted by atomic mass is 9.83. The first-order chi connectivity index (χ1) is 15.5. The van der Waals surface area contributed by atoms with Crippen LogP contribution in [0.5, 0.6) is 0 Å². The Morgan fingerprint density at radius 1 is 1.03 bits per heavy atom. The van der Waals surface area contributed by atoms with E-state index in [1.807, 2.05) is 22.9 Å². The lowest BCUT2D eigenvalue weighted by molar-refractivity contribution is 0.0946. The maximum atomic E-state index is 13.3. The Morgan fingerprint density at radius 2 is 1.75 bits per heavy atom. The normalized spacial score (nSPS) is 19.0. The molecule has 3 aromatic rings. The number of Topliss-reactive ketones (excluding diaryl/α,β-unsaturated/α-hetero) is 1. The highest BCUT2D eigenvalue weighted by atomic mass is 16.1. The molecule has 1 aliphatic carbocycles. The number of aryl methyl sites for hydroxylation is 1. The van der Waals surface area contributed by atoms with Crippen molar-refractivity contribution in [2.45, 2.75) is 58.8 Å². The highest BCUT2D eigenvalue weighted by Crippen LogP contribution is 2.30. The summed E-state index contributed by atoms with van der Waals surface area (Å²) in [4.78, 5) is 13.3. The maximum absolute atomic E-state index is 13.3. The Kier molecular flexibility index (Phi) is 6.85. The van der Waals surface area contributed by atoms with Crippen LogP contribution in [0.3, 0.4) is 0 Å². The molecule has 1 heterocycles. The number of ketones is 1. The number of carbonyl (C=O) groups excluding carboxylic acids is 1. The summed E-state index contributed by atoms with van der Waals surface area (Å²) in [6.07, 6.45) is 7.87. The van der Waals surface area contributed by atoms with E-state index in [0.717, 1.165) is 35.7 Å². The van der Waals surface area contributed by atoms with E-state index < -0.39 is 0 Å². The minimum absolute atomic E-state index is 0.129. The van der Waals surface area contributed by atoms with Gasteiger partial charge >= 0.3 is 0 Å². The minimum atomic E-state index is 0.129. The number of nitriles is 1. The van der Waals surface area contributed by atoms with Crippen molar-refractivity contribution in [1.29, 1.82) is 5.26 Å². The Hall–Kier alpha value is -3.19. The van der Waals surface area contributed by atoms with Crippen LogP contribution in [-0.2, 0) is 0 Å². The van der Waals surface area contributed by atoms with Gasteiger partial charge in [0.1, 0.15) is 5.69 Å². The van der Waals surface area contributed by atoms with Gasteiger partial charge in [-0.15, -0.1) is 0 Å². The van der Waals surface area contributed by atoms with Crippen molar-refractivity contribution in [2.24, 2.45) is 11.8 Å². The molecule has 4 nitrogen and oxygen atoms in total. The summed E-state index contributed by atoms with van der Waals surface area (Å²) in [5, 5.41) is 13.9. The van der Waals surface area contributed by atoms with Crippen LogP contribution < -0.4 is 0 Å². The van der Waals surface area contributed by atoms with Gasteiger partial charge in [0.05, 0.1) is 23.0 Å². The first-order valence-corrected chi connectivity index (χ1v) is 11.7. The molecule has 0 amide bonds. The lowest BCUT2D eigenvalue weighted by Gasteiger charge is -2.22. The average Bonchev–Trinajstić information content (AvgIpc) is 3.25. The first-order valence-electron chi connectivity index (χ1n) is 11.7. The molecule has 4 heteroatoms. The summed E-state index contributed by atoms with van der Waals surface area (Å²) in [6.45, 7) is 4.39. The molecule has 0 spiro atoms. The van der Waals surface area contributed by atoms with Crippen molar-refractivity contribution in [3.05, 3.63) is 71.4 Å². The largest absolute Gasteiger partial charge is 0.292 e. The summed E-state index contributed by atoms with van der Waals surface area (Å²) < 4.78 is 1.83. The van der Waals surface area contributed by atoms with Crippen LogP contribution in [0.1, 0.15) is 73.5 Å². The second kappa shape index (κ2) is 9.96. The molecule has 1 aromatic heterocycles. The standard InChI is InChI=1S/C28H31N3O/c1-20-5-3-4-6-22(10-7-20)17-28(32)26-18-27(24-13-8-21(2)9-14-24)31(30-26)25-15-11-23(19-29)12-16-25/h8-9,11-16,18,20,22H,3-7,10,17H2,1-2H3. The molecule has 2 unspecified atom stereocenters. The smallest absolute Gasteiger partial charge is 0.183 e. The molecule has 0 bridgehead atoms. The summed E-state index contributed by atoms with van der Waals surface area (Å²) in [6, 6.07) is 19.7. The fourth-order valence-corrected chi connectivity index (χ4v) is 4.63. The van der Waals surface area contributed by atoms with E-state index in [9.17, 15) is 4.79 Å². The maximum Gasteiger partial charge on any atom is 0.183 e. The molecule has 1 fully saturated rings. The number of aromatic nitrogens is 2. The van der Waals surface area contributed by atoms with Gasteiger partial charge in [0.25, 0.3) is 0 Å². The minimum Gasteiger partial charge on any atom is -0.292 e. The third kappa shape index (κ3) is 5.16. The van der Waals surface area contributed by atoms with Gasteiger partial charge in [-0.2, -0.15) is 10.4 Å². The second-order valence-corrected chi connectivity index (χ2v) is 9.31. The van der Waals surface area contributed by atoms with Gasteiger partial charge in [0.15, 0.2) is 5.78 Å². The van der Waals surface area contributed by atoms with E-state index >= 15 is 0 Å². The summed E-state index contributed by atoms with van der Waals surface area (Å²) in [7, 11) is 0. The van der Waals surface area contributed by atoms with E-state index in [-0.39, 0.29) is 5.78 Å². The highest BCUT2D eigenvalue weighted by molar-refractivity contribution is 5.95. The van der Waals surface area contributed by atoms with Crippen molar-refractivity contribution in [3.63, 3.8) is 0 Å². The predicted molar refractivity (Wildman–Crippen MR) is 128 cm³/mol. The molecular weight excluding hydrogens is 394 g/mol. The third-order valence-electron chi connectivity index (χ3n) is 6.68. The highest BCUT2D eigenvalue weighted by Gasteiger charge is 2.22. The number of hydrogen-bond acceptors (Lipinski definition) is 3. The van der Waals surface area contributed by atoms with Gasteiger partial charge in [0.2, 0.25) is 0 Å². The molecule has 2 aromatic carbocycles. The zero-order chi connectivity index (χ0) is 22.5. The zero-order valence-corrected chi connectivity index (χ0v) is 19.1. The number of carbonyl (C=O) groups is 1. The van der Waals surface area contributed by atoms with Gasteiger partial charge in [-0.05, 0) is 55.5 Å². The number of nitrogens with zero attached hydrogens (tertiary/aromatic N) is 3. The van der Waals surface area contributed by atoms with Crippen molar-refractivity contribution < 1.29 is 4.79 Å². The molecule has 4 rings (SSSR count). The van der Waals surface area contributed by atoms with Crippen molar-refractivity contribution in [2.75, 3.05) is 0 Å². The van der Waals surface area contributed by atoms with Gasteiger partial charge in [-0.1, -0.05) is 68.9 Å². The number of rotatable bonds is 5. The summed E-state index contributed by atoms with van der Waals surface area (Å²) in [5.74, 6) is 1.34. The van der Waals surface area contributed by atoms with E-state index in [1.54, 1.807) is 12.1 Å².